The van der Waals surface area contributed by atoms with E-state index >= 15 is 0 Å². The van der Waals surface area contributed by atoms with Gasteiger partial charge >= 0.3 is 0 Å². The molecule has 0 bridgehead atoms. The Morgan fingerprint density at radius 1 is 1.00 bits per heavy atom. The molecule has 0 saturated heterocycles. The fourth-order valence-corrected chi connectivity index (χ4v) is 2.09. The fourth-order valence-electron chi connectivity index (χ4n) is 2.09. The van der Waals surface area contributed by atoms with E-state index in [2.05, 4.69) is 10.6 Å². The lowest BCUT2D eigenvalue weighted by molar-refractivity contribution is 0.0950. The number of likely N-dealkylation sites (N-methyl/N-ethyl adjacent to an activating group) is 1. The Bertz CT molecular complexity index is 552. The summed E-state index contributed by atoms with van der Waals surface area (Å²) >= 11 is 0. The third kappa shape index (κ3) is 3.93. The molecule has 0 aliphatic heterocycles. The first-order valence-electron chi connectivity index (χ1n) is 6.86. The number of rotatable bonds is 6. The lowest BCUT2D eigenvalue weighted by Gasteiger charge is -2.10. The molecular weight excluding hydrogens is 248 g/mol. The highest BCUT2D eigenvalue weighted by Crippen LogP contribution is 2.09. The van der Waals surface area contributed by atoms with Crippen LogP contribution >= 0.6 is 0 Å². The van der Waals surface area contributed by atoms with Crippen molar-refractivity contribution in [3.8, 4) is 0 Å². The van der Waals surface area contributed by atoms with Gasteiger partial charge in [0.25, 0.3) is 5.91 Å². The van der Waals surface area contributed by atoms with Crippen molar-refractivity contribution < 1.29 is 4.79 Å². The van der Waals surface area contributed by atoms with Crippen LogP contribution in [-0.2, 0) is 13.0 Å². The molecule has 3 nitrogen and oxygen atoms in total. The molecule has 0 radical (unpaired) electrons. The molecule has 20 heavy (non-hydrogen) atoms. The van der Waals surface area contributed by atoms with Crippen molar-refractivity contribution in [1.82, 2.24) is 10.6 Å². The molecule has 2 aromatic rings. The van der Waals surface area contributed by atoms with Gasteiger partial charge in [-0.05, 0) is 37.2 Å². The average molecular weight is 268 g/mol. The number of nitrogens with one attached hydrogen (secondary N) is 2. The van der Waals surface area contributed by atoms with Crippen LogP contribution in [0, 0.1) is 0 Å². The molecular formula is C17H20N2O. The van der Waals surface area contributed by atoms with E-state index in [-0.39, 0.29) is 5.91 Å². The zero-order valence-electron chi connectivity index (χ0n) is 11.7. The zero-order chi connectivity index (χ0) is 14.2. The Kier molecular flexibility index (Phi) is 5.33. The molecule has 0 unspecified atom stereocenters. The first-order valence-corrected chi connectivity index (χ1v) is 6.86. The Morgan fingerprint density at radius 2 is 1.70 bits per heavy atom. The topological polar surface area (TPSA) is 41.1 Å². The summed E-state index contributed by atoms with van der Waals surface area (Å²) in [5.74, 6) is -0.0134. The van der Waals surface area contributed by atoms with Crippen LogP contribution in [0.4, 0.5) is 0 Å². The lowest BCUT2D eigenvalue weighted by Crippen LogP contribution is -2.24. The number of carbonyl (C=O) groups excluding carboxylic acids is 1. The molecule has 2 aromatic carbocycles. The number of hydrogen-bond donors (Lipinski definition) is 2. The predicted molar refractivity (Wildman–Crippen MR) is 81.7 cm³/mol. The Morgan fingerprint density at radius 3 is 2.45 bits per heavy atom. The molecule has 3 heteroatoms. The van der Waals surface area contributed by atoms with E-state index in [0.717, 1.165) is 29.7 Å². The second kappa shape index (κ2) is 7.46. The van der Waals surface area contributed by atoms with E-state index in [1.165, 1.54) is 0 Å². The molecule has 0 atom stereocenters. The summed E-state index contributed by atoms with van der Waals surface area (Å²) in [5, 5.41) is 6.08. The second-order valence-corrected chi connectivity index (χ2v) is 4.68. The quantitative estimate of drug-likeness (QED) is 0.844. The lowest BCUT2D eigenvalue weighted by atomic mass is 10.0. The van der Waals surface area contributed by atoms with Gasteiger partial charge in [0, 0.05) is 12.1 Å². The summed E-state index contributed by atoms with van der Waals surface area (Å²) in [6.07, 6.45) is 0.853. The molecule has 2 N–H and O–H groups in total. The van der Waals surface area contributed by atoms with Gasteiger partial charge in [-0.3, -0.25) is 4.79 Å². The monoisotopic (exact) mass is 268 g/mol. The Hall–Kier alpha value is -2.13. The minimum absolute atomic E-state index is 0.0134. The van der Waals surface area contributed by atoms with E-state index in [1.807, 2.05) is 61.6 Å². The van der Waals surface area contributed by atoms with Crippen LogP contribution in [0.15, 0.2) is 54.6 Å². The predicted octanol–water partition coefficient (Wildman–Crippen LogP) is 2.38. The summed E-state index contributed by atoms with van der Waals surface area (Å²) in [6, 6.07) is 17.7. The molecule has 1 amide bonds. The minimum Gasteiger partial charge on any atom is -0.348 e. The largest absolute Gasteiger partial charge is 0.348 e. The van der Waals surface area contributed by atoms with E-state index in [4.69, 9.17) is 0 Å². The maximum atomic E-state index is 12.3. The van der Waals surface area contributed by atoms with Gasteiger partial charge in [0.05, 0.1) is 0 Å². The summed E-state index contributed by atoms with van der Waals surface area (Å²) in [7, 11) is 1.91. The molecule has 2 rings (SSSR count). The molecule has 0 fully saturated rings. The van der Waals surface area contributed by atoms with Crippen molar-refractivity contribution in [3.63, 3.8) is 0 Å². The highest BCUT2D eigenvalue weighted by Gasteiger charge is 2.09. The third-order valence-corrected chi connectivity index (χ3v) is 3.20. The van der Waals surface area contributed by atoms with Gasteiger partial charge in [-0.15, -0.1) is 0 Å². The van der Waals surface area contributed by atoms with Crippen LogP contribution in [-0.4, -0.2) is 19.5 Å². The Labute approximate surface area is 120 Å². The smallest absolute Gasteiger partial charge is 0.251 e. The van der Waals surface area contributed by atoms with Crippen molar-refractivity contribution in [2.24, 2.45) is 0 Å². The van der Waals surface area contributed by atoms with Crippen LogP contribution < -0.4 is 10.6 Å². The van der Waals surface area contributed by atoms with Gasteiger partial charge in [0.15, 0.2) is 0 Å². The van der Waals surface area contributed by atoms with Gasteiger partial charge in [-0.2, -0.15) is 0 Å². The van der Waals surface area contributed by atoms with Crippen LogP contribution in [0.2, 0.25) is 0 Å². The van der Waals surface area contributed by atoms with Gasteiger partial charge in [0.2, 0.25) is 0 Å². The number of amides is 1. The van der Waals surface area contributed by atoms with Crippen LogP contribution in [0.5, 0.6) is 0 Å². The van der Waals surface area contributed by atoms with Crippen molar-refractivity contribution in [3.05, 3.63) is 71.3 Å². The highest BCUT2D eigenvalue weighted by atomic mass is 16.1. The maximum Gasteiger partial charge on any atom is 0.251 e. The zero-order valence-corrected chi connectivity index (χ0v) is 11.7. The second-order valence-electron chi connectivity index (χ2n) is 4.68. The van der Waals surface area contributed by atoms with Crippen molar-refractivity contribution >= 4 is 5.91 Å². The van der Waals surface area contributed by atoms with Crippen molar-refractivity contribution in [2.75, 3.05) is 13.6 Å². The third-order valence-electron chi connectivity index (χ3n) is 3.20. The van der Waals surface area contributed by atoms with Crippen molar-refractivity contribution in [1.29, 1.82) is 0 Å². The number of hydrogen-bond acceptors (Lipinski definition) is 2. The van der Waals surface area contributed by atoms with Crippen LogP contribution in [0.1, 0.15) is 21.5 Å². The molecule has 0 aromatic heterocycles. The van der Waals surface area contributed by atoms with Gasteiger partial charge < -0.3 is 10.6 Å². The molecule has 0 saturated carbocycles. The minimum atomic E-state index is -0.0134. The molecule has 0 aliphatic carbocycles. The van der Waals surface area contributed by atoms with Crippen LogP contribution in [0.3, 0.4) is 0 Å². The SMILES string of the molecule is CNCCc1ccccc1C(=O)NCc1ccccc1. The first kappa shape index (κ1) is 14.3. The molecule has 0 heterocycles. The summed E-state index contributed by atoms with van der Waals surface area (Å²) in [6.45, 7) is 1.42. The highest BCUT2D eigenvalue weighted by molar-refractivity contribution is 5.95. The number of carbonyl (C=O) groups is 1. The molecule has 0 spiro atoms. The average Bonchev–Trinajstić information content (AvgIpc) is 2.52. The van der Waals surface area contributed by atoms with Gasteiger partial charge in [-0.1, -0.05) is 48.5 Å². The van der Waals surface area contributed by atoms with E-state index in [0.29, 0.717) is 6.54 Å². The number of benzene rings is 2. The molecule has 0 aliphatic rings. The van der Waals surface area contributed by atoms with E-state index in [1.54, 1.807) is 0 Å². The van der Waals surface area contributed by atoms with Gasteiger partial charge in [-0.25, -0.2) is 0 Å². The molecule has 104 valence electrons. The summed E-state index contributed by atoms with van der Waals surface area (Å²) < 4.78 is 0. The normalized spacial score (nSPS) is 10.2. The fraction of sp³-hybridized carbons (Fsp3) is 0.235. The van der Waals surface area contributed by atoms with Crippen LogP contribution in [0.25, 0.3) is 0 Å². The van der Waals surface area contributed by atoms with E-state index in [9.17, 15) is 4.79 Å². The summed E-state index contributed by atoms with van der Waals surface area (Å²) in [5.41, 5.74) is 2.94. The Balaban J connectivity index is 2.01. The first-order chi connectivity index (χ1) is 9.81. The van der Waals surface area contributed by atoms with E-state index < -0.39 is 0 Å². The standard InChI is InChI=1S/C17H20N2O/c1-18-12-11-15-9-5-6-10-16(15)17(20)19-13-14-7-3-2-4-8-14/h2-10,18H,11-13H2,1H3,(H,19,20). The van der Waals surface area contributed by atoms with Gasteiger partial charge in [0.1, 0.15) is 0 Å². The summed E-state index contributed by atoms with van der Waals surface area (Å²) in [4.78, 5) is 12.3. The maximum absolute atomic E-state index is 12.3. The van der Waals surface area contributed by atoms with Crippen molar-refractivity contribution in [2.45, 2.75) is 13.0 Å².